The monoisotopic (exact) mass is 630 g/mol. The average molecular weight is 631 g/mol. The number of carbonyl (C=O) groups is 2. The zero-order valence-electron chi connectivity index (χ0n) is 27.7. The number of esters is 2. The molecule has 0 aliphatic carbocycles. The zero-order valence-corrected chi connectivity index (χ0v) is 27.7. The van der Waals surface area contributed by atoms with E-state index in [1.807, 2.05) is 48.5 Å². The Morgan fingerprint density at radius 2 is 0.957 bits per heavy atom. The minimum Gasteiger partial charge on any atom is -0.491 e. The van der Waals surface area contributed by atoms with Gasteiger partial charge in [0.05, 0.1) is 0 Å². The molecule has 0 aliphatic rings. The second-order valence-electron chi connectivity index (χ2n) is 12.6. The van der Waals surface area contributed by atoms with E-state index in [0.717, 1.165) is 22.3 Å². The van der Waals surface area contributed by atoms with Crippen LogP contribution in [0.15, 0.2) is 97.1 Å². The molecule has 3 aromatic rings. The molecule has 46 heavy (non-hydrogen) atoms. The first-order chi connectivity index (χ1) is 21.6. The minimum atomic E-state index is -0.952. The van der Waals surface area contributed by atoms with Gasteiger partial charge in [0.15, 0.2) is 0 Å². The topological polar surface area (TPSA) is 112 Å². The van der Waals surface area contributed by atoms with Crippen LogP contribution in [0.25, 0.3) is 0 Å². The van der Waals surface area contributed by atoms with E-state index in [0.29, 0.717) is 11.5 Å². The average Bonchev–Trinajstić information content (AvgIpc) is 3.04. The maximum absolute atomic E-state index is 11.5. The fraction of sp³-hybridized carbons (Fsp3) is 0.368. The summed E-state index contributed by atoms with van der Waals surface area (Å²) in [6, 6.07) is 24.1. The maximum atomic E-state index is 11.5. The van der Waals surface area contributed by atoms with E-state index in [-0.39, 0.29) is 48.4 Å². The molecule has 0 aliphatic heterocycles. The fourth-order valence-corrected chi connectivity index (χ4v) is 4.64. The molecular weight excluding hydrogens is 584 g/mol. The summed E-state index contributed by atoms with van der Waals surface area (Å²) >= 11 is 0. The Hall–Kier alpha value is -4.40. The summed E-state index contributed by atoms with van der Waals surface area (Å²) in [5.41, 5.74) is 4.45. The normalized spacial score (nSPS) is 12.9. The van der Waals surface area contributed by atoms with E-state index in [1.165, 1.54) is 0 Å². The molecule has 0 spiro atoms. The fourth-order valence-electron chi connectivity index (χ4n) is 4.64. The van der Waals surface area contributed by atoms with E-state index in [2.05, 4.69) is 65.1 Å². The first-order valence-corrected chi connectivity index (χ1v) is 15.2. The summed E-state index contributed by atoms with van der Waals surface area (Å²) in [5, 5.41) is 20.2. The molecule has 0 radical (unpaired) electrons. The van der Waals surface area contributed by atoms with Crippen molar-refractivity contribution in [1.29, 1.82) is 0 Å². The van der Waals surface area contributed by atoms with Crippen LogP contribution >= 0.6 is 0 Å². The Morgan fingerprint density at radius 1 is 0.609 bits per heavy atom. The van der Waals surface area contributed by atoms with Gasteiger partial charge in [-0.2, -0.15) is 0 Å². The number of hydrogen-bond acceptors (Lipinski definition) is 8. The number of benzene rings is 3. The van der Waals surface area contributed by atoms with Crippen molar-refractivity contribution in [2.75, 3.05) is 26.4 Å². The van der Waals surface area contributed by atoms with E-state index in [4.69, 9.17) is 18.9 Å². The summed E-state index contributed by atoms with van der Waals surface area (Å²) < 4.78 is 21.4. The number of hydrogen-bond donors (Lipinski definition) is 2. The van der Waals surface area contributed by atoms with Crippen LogP contribution in [-0.4, -0.2) is 60.8 Å². The van der Waals surface area contributed by atoms with Crippen molar-refractivity contribution in [3.63, 3.8) is 0 Å². The van der Waals surface area contributed by atoms with Crippen molar-refractivity contribution < 1.29 is 38.7 Å². The molecule has 8 heteroatoms. The highest BCUT2D eigenvalue weighted by atomic mass is 16.6. The molecule has 3 aromatic carbocycles. The Balaban J connectivity index is 1.63. The van der Waals surface area contributed by atoms with Crippen LogP contribution in [-0.2, 0) is 29.9 Å². The van der Waals surface area contributed by atoms with Gasteiger partial charge in [-0.15, -0.1) is 0 Å². The minimum absolute atomic E-state index is 0.00857. The number of ether oxygens (including phenoxy) is 4. The summed E-state index contributed by atoms with van der Waals surface area (Å²) in [4.78, 5) is 23.0. The third-order valence-electron chi connectivity index (χ3n) is 7.85. The number of aliphatic hydroxyl groups is 2. The number of carbonyl (C=O) groups excluding carboxylic acids is 2. The molecule has 0 saturated carbocycles. The summed E-state index contributed by atoms with van der Waals surface area (Å²) in [7, 11) is 0. The molecule has 3 rings (SSSR count). The Bertz CT molecular complexity index is 1390. The van der Waals surface area contributed by atoms with Crippen LogP contribution in [0.3, 0.4) is 0 Å². The first-order valence-electron chi connectivity index (χ1n) is 15.2. The summed E-state index contributed by atoms with van der Waals surface area (Å²) in [6.07, 6.45) is -1.90. The first kappa shape index (κ1) is 36.1. The third kappa shape index (κ3) is 9.80. The van der Waals surface area contributed by atoms with Crippen LogP contribution < -0.4 is 9.47 Å². The van der Waals surface area contributed by atoms with E-state index >= 15 is 0 Å². The van der Waals surface area contributed by atoms with Crippen molar-refractivity contribution in [2.24, 2.45) is 0 Å². The lowest BCUT2D eigenvalue weighted by Gasteiger charge is -2.31. The quantitative estimate of drug-likeness (QED) is 0.145. The van der Waals surface area contributed by atoms with Gasteiger partial charge >= 0.3 is 11.9 Å². The van der Waals surface area contributed by atoms with Gasteiger partial charge in [-0.1, -0.05) is 89.4 Å². The van der Waals surface area contributed by atoms with Gasteiger partial charge in [0, 0.05) is 22.0 Å². The molecule has 0 bridgehead atoms. The largest absolute Gasteiger partial charge is 0.491 e. The van der Waals surface area contributed by atoms with Gasteiger partial charge in [0.2, 0.25) is 0 Å². The second kappa shape index (κ2) is 15.7. The maximum Gasteiger partial charge on any atom is 0.333 e. The highest BCUT2D eigenvalue weighted by Gasteiger charge is 2.28. The molecular formula is C38H46O8. The van der Waals surface area contributed by atoms with Gasteiger partial charge in [0.1, 0.15) is 50.1 Å². The number of aliphatic hydroxyl groups excluding tert-OH is 2. The predicted molar refractivity (Wildman–Crippen MR) is 178 cm³/mol. The van der Waals surface area contributed by atoms with Crippen molar-refractivity contribution >= 4 is 11.9 Å². The van der Waals surface area contributed by atoms with E-state index < -0.39 is 24.1 Å². The van der Waals surface area contributed by atoms with Crippen molar-refractivity contribution in [3.05, 3.63) is 119 Å². The standard InChI is InChI=1S/C38H46O8/c1-25(2)35(41)45-23-31(39)21-43-33-16-12-27(13-17-33)37(5,6)29-10-9-11-30(20-29)38(7,8)28-14-18-34(19-15-28)44-22-32(40)24-46-36(42)26(3)4/h9-20,31-32,39-40H,1,3,21-24H2,2,4-8H3. The molecule has 0 aromatic heterocycles. The third-order valence-corrected chi connectivity index (χ3v) is 7.85. The van der Waals surface area contributed by atoms with Gasteiger partial charge in [0.25, 0.3) is 0 Å². The van der Waals surface area contributed by atoms with Crippen molar-refractivity contribution in [2.45, 2.75) is 64.6 Å². The van der Waals surface area contributed by atoms with Gasteiger partial charge in [-0.3, -0.25) is 0 Å². The molecule has 2 N–H and O–H groups in total. The zero-order chi connectivity index (χ0) is 34.1. The van der Waals surface area contributed by atoms with Gasteiger partial charge in [-0.05, 0) is 60.4 Å². The highest BCUT2D eigenvalue weighted by molar-refractivity contribution is 5.87. The predicted octanol–water partition coefficient (Wildman–Crippen LogP) is 6.06. The lowest BCUT2D eigenvalue weighted by Crippen LogP contribution is -2.25. The smallest absolute Gasteiger partial charge is 0.333 e. The Labute approximate surface area is 272 Å². The highest BCUT2D eigenvalue weighted by Crippen LogP contribution is 2.37. The lowest BCUT2D eigenvalue weighted by molar-refractivity contribution is -0.143. The molecule has 0 fully saturated rings. The summed E-state index contributed by atoms with van der Waals surface area (Å²) in [5.74, 6) is 0.118. The second-order valence-corrected chi connectivity index (χ2v) is 12.6. The van der Waals surface area contributed by atoms with Crippen molar-refractivity contribution in [1.82, 2.24) is 0 Å². The molecule has 2 atom stereocenters. The molecule has 2 unspecified atom stereocenters. The number of rotatable bonds is 16. The Kier molecular flexibility index (Phi) is 12.3. The summed E-state index contributed by atoms with van der Waals surface area (Å²) in [6.45, 7) is 18.5. The lowest BCUT2D eigenvalue weighted by atomic mass is 9.73. The molecule has 0 heterocycles. The SMILES string of the molecule is C=C(C)C(=O)OCC(O)COc1ccc(C(C)(C)c2cccc(C(C)(C)c3ccc(OCC(O)COC(=O)C(=C)C)cc3)c2)cc1. The molecule has 0 amide bonds. The van der Waals surface area contributed by atoms with Gasteiger partial charge in [-0.25, -0.2) is 9.59 Å². The van der Waals surface area contributed by atoms with E-state index in [9.17, 15) is 19.8 Å². The van der Waals surface area contributed by atoms with Crippen LogP contribution in [0, 0.1) is 0 Å². The Morgan fingerprint density at radius 3 is 1.28 bits per heavy atom. The van der Waals surface area contributed by atoms with Gasteiger partial charge < -0.3 is 29.2 Å². The van der Waals surface area contributed by atoms with E-state index in [1.54, 1.807) is 13.8 Å². The van der Waals surface area contributed by atoms with Crippen LogP contribution in [0.2, 0.25) is 0 Å². The van der Waals surface area contributed by atoms with Crippen LogP contribution in [0.5, 0.6) is 11.5 Å². The van der Waals surface area contributed by atoms with Crippen LogP contribution in [0.4, 0.5) is 0 Å². The molecule has 0 saturated heterocycles. The van der Waals surface area contributed by atoms with Crippen LogP contribution in [0.1, 0.15) is 63.8 Å². The molecule has 8 nitrogen and oxygen atoms in total. The molecule has 246 valence electrons. The van der Waals surface area contributed by atoms with Crippen molar-refractivity contribution in [3.8, 4) is 11.5 Å².